The topological polar surface area (TPSA) is 42.0 Å². The Morgan fingerprint density at radius 1 is 1.14 bits per heavy atom. The van der Waals surface area contributed by atoms with E-state index in [9.17, 15) is 9.18 Å². The molecule has 0 saturated carbocycles. The number of nitrogens with one attached hydrogen (secondary N) is 1. The van der Waals surface area contributed by atoms with Crippen molar-refractivity contribution in [3.8, 4) is 0 Å². The lowest BCUT2D eigenvalue weighted by molar-refractivity contribution is 0.102. The Kier molecular flexibility index (Phi) is 3.83. The summed E-state index contributed by atoms with van der Waals surface area (Å²) in [5, 5.41) is 3.72. The summed E-state index contributed by atoms with van der Waals surface area (Å²) in [5.41, 5.74) is 1.94. The number of hydrogen-bond donors (Lipinski definition) is 1. The molecule has 0 unspecified atom stereocenters. The number of halogens is 2. The maximum absolute atomic E-state index is 13.1. The van der Waals surface area contributed by atoms with Crippen molar-refractivity contribution in [1.29, 1.82) is 0 Å². The summed E-state index contributed by atoms with van der Waals surface area (Å²) < 4.78 is 13.7. The van der Waals surface area contributed by atoms with Gasteiger partial charge in [0, 0.05) is 15.2 Å². The van der Waals surface area contributed by atoms with Gasteiger partial charge in [-0.25, -0.2) is 4.39 Å². The van der Waals surface area contributed by atoms with E-state index in [2.05, 4.69) is 10.3 Å². The van der Waals surface area contributed by atoms with E-state index in [1.807, 2.05) is 52.9 Å². The second-order valence-corrected chi connectivity index (χ2v) is 5.62. The molecule has 1 heterocycles. The normalized spacial score (nSPS) is 10.6. The zero-order chi connectivity index (χ0) is 14.8. The van der Waals surface area contributed by atoms with E-state index >= 15 is 0 Å². The van der Waals surface area contributed by atoms with Gasteiger partial charge in [-0.3, -0.25) is 9.78 Å². The molecular weight excluding hydrogens is 382 g/mol. The van der Waals surface area contributed by atoms with E-state index in [0.717, 1.165) is 10.9 Å². The molecular formula is C16H10FIN2O. The zero-order valence-corrected chi connectivity index (χ0v) is 13.0. The van der Waals surface area contributed by atoms with Crippen molar-refractivity contribution in [2.24, 2.45) is 0 Å². The number of carbonyl (C=O) groups is 1. The Morgan fingerprint density at radius 2 is 2.00 bits per heavy atom. The van der Waals surface area contributed by atoms with Crippen molar-refractivity contribution in [1.82, 2.24) is 4.98 Å². The molecule has 1 aromatic heterocycles. The Morgan fingerprint density at radius 3 is 2.81 bits per heavy atom. The number of benzene rings is 2. The second kappa shape index (κ2) is 5.77. The molecule has 0 aliphatic heterocycles. The van der Waals surface area contributed by atoms with Gasteiger partial charge < -0.3 is 5.32 Å². The number of carbonyl (C=O) groups excluding carboxylic acids is 1. The minimum Gasteiger partial charge on any atom is -0.321 e. The van der Waals surface area contributed by atoms with E-state index in [4.69, 9.17) is 0 Å². The molecule has 0 bridgehead atoms. The fourth-order valence-electron chi connectivity index (χ4n) is 2.08. The van der Waals surface area contributed by atoms with E-state index in [1.54, 1.807) is 6.20 Å². The van der Waals surface area contributed by atoms with E-state index in [-0.39, 0.29) is 11.7 Å². The standard InChI is InChI=1S/C16H10FIN2O/c17-10-6-7-11(13(18)9-10)16(21)20-15-5-1-4-14-12(15)3-2-8-19-14/h1-9H,(H,20,21). The highest BCUT2D eigenvalue weighted by molar-refractivity contribution is 14.1. The molecule has 21 heavy (non-hydrogen) atoms. The van der Waals surface area contributed by atoms with Gasteiger partial charge in [0.25, 0.3) is 5.91 Å². The molecule has 0 atom stereocenters. The highest BCUT2D eigenvalue weighted by Crippen LogP contribution is 2.23. The third-order valence-corrected chi connectivity index (χ3v) is 3.96. The number of rotatable bonds is 2. The predicted molar refractivity (Wildman–Crippen MR) is 88.8 cm³/mol. The van der Waals surface area contributed by atoms with Crippen LogP contribution in [0, 0.1) is 9.39 Å². The molecule has 0 fully saturated rings. The quantitative estimate of drug-likeness (QED) is 0.664. The van der Waals surface area contributed by atoms with Crippen LogP contribution in [0.3, 0.4) is 0 Å². The summed E-state index contributed by atoms with van der Waals surface area (Å²) in [6.07, 6.45) is 1.71. The molecule has 1 N–H and O–H groups in total. The van der Waals surface area contributed by atoms with Crippen LogP contribution in [0.15, 0.2) is 54.7 Å². The Balaban J connectivity index is 1.97. The van der Waals surface area contributed by atoms with Crippen LogP contribution < -0.4 is 5.32 Å². The summed E-state index contributed by atoms with van der Waals surface area (Å²) in [6.45, 7) is 0. The Hall–Kier alpha value is -2.02. The van der Waals surface area contributed by atoms with Crippen LogP contribution in [0.2, 0.25) is 0 Å². The molecule has 1 amide bonds. The van der Waals surface area contributed by atoms with Crippen molar-refractivity contribution in [3.63, 3.8) is 0 Å². The highest BCUT2D eigenvalue weighted by Gasteiger charge is 2.12. The van der Waals surface area contributed by atoms with Crippen molar-refractivity contribution >= 4 is 45.1 Å². The average Bonchev–Trinajstić information content (AvgIpc) is 2.47. The van der Waals surface area contributed by atoms with E-state index in [0.29, 0.717) is 14.8 Å². The minimum atomic E-state index is -0.356. The average molecular weight is 392 g/mol. The molecule has 0 spiro atoms. The third kappa shape index (κ3) is 2.87. The van der Waals surface area contributed by atoms with Gasteiger partial charge in [-0.05, 0) is 65.1 Å². The van der Waals surface area contributed by atoms with Gasteiger partial charge in [0.2, 0.25) is 0 Å². The molecule has 3 aromatic rings. The van der Waals surface area contributed by atoms with Crippen LogP contribution in [0.5, 0.6) is 0 Å². The number of fused-ring (bicyclic) bond motifs is 1. The summed E-state index contributed by atoms with van der Waals surface area (Å²) in [6, 6.07) is 13.3. The Labute approximate surface area is 134 Å². The van der Waals surface area contributed by atoms with Gasteiger partial charge in [0.1, 0.15) is 5.82 Å². The van der Waals surface area contributed by atoms with Crippen LogP contribution in [0.25, 0.3) is 10.9 Å². The maximum Gasteiger partial charge on any atom is 0.256 e. The van der Waals surface area contributed by atoms with Gasteiger partial charge >= 0.3 is 0 Å². The molecule has 5 heteroatoms. The van der Waals surface area contributed by atoms with E-state index in [1.165, 1.54) is 18.2 Å². The summed E-state index contributed by atoms with van der Waals surface area (Å²) in [4.78, 5) is 16.6. The molecule has 104 valence electrons. The maximum atomic E-state index is 13.1. The van der Waals surface area contributed by atoms with Gasteiger partial charge in [-0.2, -0.15) is 0 Å². The van der Waals surface area contributed by atoms with Crippen LogP contribution in [0.4, 0.5) is 10.1 Å². The first-order valence-electron chi connectivity index (χ1n) is 6.25. The van der Waals surface area contributed by atoms with Crippen molar-refractivity contribution in [3.05, 3.63) is 69.7 Å². The number of aromatic nitrogens is 1. The monoisotopic (exact) mass is 392 g/mol. The van der Waals surface area contributed by atoms with Gasteiger partial charge in [-0.15, -0.1) is 0 Å². The fourth-order valence-corrected chi connectivity index (χ4v) is 2.80. The fraction of sp³-hybridized carbons (Fsp3) is 0. The first-order valence-corrected chi connectivity index (χ1v) is 7.33. The second-order valence-electron chi connectivity index (χ2n) is 4.45. The molecule has 2 aromatic carbocycles. The number of hydrogen-bond acceptors (Lipinski definition) is 2. The number of nitrogens with zero attached hydrogens (tertiary/aromatic N) is 1. The van der Waals surface area contributed by atoms with Gasteiger partial charge in [0.05, 0.1) is 16.8 Å². The molecule has 0 aliphatic carbocycles. The number of anilines is 1. The van der Waals surface area contributed by atoms with E-state index < -0.39 is 0 Å². The van der Waals surface area contributed by atoms with Crippen LogP contribution in [-0.4, -0.2) is 10.9 Å². The summed E-state index contributed by atoms with van der Waals surface area (Å²) in [7, 11) is 0. The lowest BCUT2D eigenvalue weighted by atomic mass is 10.1. The lowest BCUT2D eigenvalue weighted by Gasteiger charge is -2.09. The lowest BCUT2D eigenvalue weighted by Crippen LogP contribution is -2.13. The van der Waals surface area contributed by atoms with Crippen molar-refractivity contribution in [2.75, 3.05) is 5.32 Å². The SMILES string of the molecule is O=C(Nc1cccc2ncccc12)c1ccc(F)cc1I. The Bertz CT molecular complexity index is 830. The molecule has 3 rings (SSSR count). The van der Waals surface area contributed by atoms with Crippen molar-refractivity contribution in [2.45, 2.75) is 0 Å². The molecule has 0 aliphatic rings. The van der Waals surface area contributed by atoms with Crippen LogP contribution in [0.1, 0.15) is 10.4 Å². The smallest absolute Gasteiger partial charge is 0.256 e. The molecule has 3 nitrogen and oxygen atoms in total. The zero-order valence-electron chi connectivity index (χ0n) is 10.8. The third-order valence-electron chi connectivity index (χ3n) is 3.07. The van der Waals surface area contributed by atoms with Gasteiger partial charge in [0.15, 0.2) is 0 Å². The first-order chi connectivity index (χ1) is 10.1. The number of pyridine rings is 1. The first kappa shape index (κ1) is 13.9. The minimum absolute atomic E-state index is 0.268. The summed E-state index contributed by atoms with van der Waals surface area (Å²) in [5.74, 6) is -0.624. The van der Waals surface area contributed by atoms with Crippen LogP contribution >= 0.6 is 22.6 Å². The molecule has 0 saturated heterocycles. The van der Waals surface area contributed by atoms with Gasteiger partial charge in [-0.1, -0.05) is 6.07 Å². The van der Waals surface area contributed by atoms with Crippen molar-refractivity contribution < 1.29 is 9.18 Å². The highest BCUT2D eigenvalue weighted by atomic mass is 127. The number of amides is 1. The predicted octanol–water partition coefficient (Wildman–Crippen LogP) is 4.23. The molecule has 0 radical (unpaired) electrons. The summed E-state index contributed by atoms with van der Waals surface area (Å²) >= 11 is 1.95. The van der Waals surface area contributed by atoms with Crippen LogP contribution in [-0.2, 0) is 0 Å². The largest absolute Gasteiger partial charge is 0.321 e.